The third-order valence-corrected chi connectivity index (χ3v) is 6.73. The van der Waals surface area contributed by atoms with Gasteiger partial charge in [-0.2, -0.15) is 13.2 Å². The smallest absolute Gasteiger partial charge is 0.399 e. The summed E-state index contributed by atoms with van der Waals surface area (Å²) in [6.45, 7) is 6.14. The fourth-order valence-corrected chi connectivity index (χ4v) is 5.02. The Kier molecular flexibility index (Phi) is 5.75. The second kappa shape index (κ2) is 8.61. The van der Waals surface area contributed by atoms with Crippen molar-refractivity contribution in [3.05, 3.63) is 52.8 Å². The number of halogens is 3. The van der Waals surface area contributed by atoms with Crippen LogP contribution in [0.1, 0.15) is 48.3 Å². The van der Waals surface area contributed by atoms with Crippen molar-refractivity contribution in [1.82, 2.24) is 9.97 Å². The van der Waals surface area contributed by atoms with Crippen molar-refractivity contribution in [3.8, 4) is 0 Å². The van der Waals surface area contributed by atoms with Gasteiger partial charge in [-0.1, -0.05) is 0 Å². The maximum atomic E-state index is 13.3. The summed E-state index contributed by atoms with van der Waals surface area (Å²) < 4.78 is 45.5. The van der Waals surface area contributed by atoms with Crippen molar-refractivity contribution < 1.29 is 17.9 Å². The third kappa shape index (κ3) is 4.36. The molecule has 1 saturated heterocycles. The second-order valence-electron chi connectivity index (χ2n) is 9.16. The normalized spacial score (nSPS) is 17.7. The van der Waals surface area contributed by atoms with Crippen LogP contribution in [-0.4, -0.2) is 35.8 Å². The van der Waals surface area contributed by atoms with Crippen LogP contribution in [0.5, 0.6) is 0 Å². The van der Waals surface area contributed by atoms with Gasteiger partial charge >= 0.3 is 6.18 Å². The van der Waals surface area contributed by atoms with Crippen molar-refractivity contribution in [3.63, 3.8) is 0 Å². The molecule has 0 aliphatic carbocycles. The first-order chi connectivity index (χ1) is 16.2. The van der Waals surface area contributed by atoms with E-state index in [1.54, 1.807) is 13.0 Å². The predicted octanol–water partition coefficient (Wildman–Crippen LogP) is 5.25. The monoisotopic (exact) mass is 471 g/mol. The van der Waals surface area contributed by atoms with Crippen LogP contribution < -0.4 is 16.0 Å². The maximum absolute atomic E-state index is 13.3. The van der Waals surface area contributed by atoms with E-state index >= 15 is 0 Å². The number of ether oxygens (including phenoxy) is 1. The van der Waals surface area contributed by atoms with Crippen molar-refractivity contribution in [2.24, 2.45) is 0 Å². The number of nitrogens with zero attached hydrogens (tertiary/aromatic N) is 3. The van der Waals surface area contributed by atoms with Gasteiger partial charge in [-0.25, -0.2) is 9.97 Å². The van der Waals surface area contributed by atoms with E-state index in [2.05, 4.69) is 32.3 Å². The molecular weight excluding hydrogens is 443 g/mol. The highest BCUT2D eigenvalue weighted by Crippen LogP contribution is 2.38. The number of benzene rings is 2. The molecule has 0 radical (unpaired) electrons. The molecule has 3 N–H and O–H groups in total. The van der Waals surface area contributed by atoms with E-state index < -0.39 is 17.8 Å². The number of nitrogen functional groups attached to an aromatic ring is 1. The molecule has 1 atom stereocenters. The number of nitrogens with two attached hydrogens (primary N) is 1. The van der Waals surface area contributed by atoms with E-state index in [1.165, 1.54) is 11.3 Å². The van der Waals surface area contributed by atoms with Crippen LogP contribution in [0, 0.1) is 6.92 Å². The minimum Gasteiger partial charge on any atom is -0.399 e. The molecule has 0 amide bonds. The number of anilines is 3. The molecule has 1 aromatic heterocycles. The van der Waals surface area contributed by atoms with Crippen LogP contribution in [0.15, 0.2) is 30.3 Å². The lowest BCUT2D eigenvalue weighted by Gasteiger charge is -2.33. The fourth-order valence-electron chi connectivity index (χ4n) is 5.02. The summed E-state index contributed by atoms with van der Waals surface area (Å²) in [4.78, 5) is 11.7. The molecule has 180 valence electrons. The van der Waals surface area contributed by atoms with Crippen LogP contribution in [0.25, 0.3) is 10.9 Å². The van der Waals surface area contributed by atoms with E-state index in [1.807, 2.05) is 6.92 Å². The molecule has 34 heavy (non-hydrogen) atoms. The Hall–Kier alpha value is -3.07. The lowest BCUT2D eigenvalue weighted by atomic mass is 10.0. The molecule has 6 nitrogen and oxygen atoms in total. The summed E-state index contributed by atoms with van der Waals surface area (Å²) in [5.74, 6) is 1.21. The van der Waals surface area contributed by atoms with Gasteiger partial charge in [-0.15, -0.1) is 0 Å². The lowest BCUT2D eigenvalue weighted by Crippen LogP contribution is -2.38. The number of aryl methyl sites for hydroxylation is 1. The Morgan fingerprint density at radius 1 is 1.12 bits per heavy atom. The summed E-state index contributed by atoms with van der Waals surface area (Å²) in [6.07, 6.45) is -1.49. The first kappa shape index (κ1) is 22.7. The molecule has 0 spiro atoms. The molecule has 5 rings (SSSR count). The Bertz CT molecular complexity index is 1220. The predicted molar refractivity (Wildman–Crippen MR) is 127 cm³/mol. The van der Waals surface area contributed by atoms with Gasteiger partial charge < -0.3 is 20.7 Å². The molecule has 2 aliphatic heterocycles. The number of alkyl halides is 3. The number of hydrogen-bond donors (Lipinski definition) is 2. The Morgan fingerprint density at radius 3 is 2.62 bits per heavy atom. The van der Waals surface area contributed by atoms with Crippen LogP contribution in [0.4, 0.5) is 30.4 Å². The minimum atomic E-state index is -4.46. The SMILES string of the molecule is Cc1nc(N[C@H](C)c2cc(N)cc(C(F)(F)F)c2)c2cc3c(cc2n1)CCN3C1CCOCC1. The van der Waals surface area contributed by atoms with Crippen LogP contribution in [-0.2, 0) is 17.3 Å². The largest absolute Gasteiger partial charge is 0.416 e. The van der Waals surface area contributed by atoms with Gasteiger partial charge in [0.1, 0.15) is 11.6 Å². The quantitative estimate of drug-likeness (QED) is 0.506. The number of aromatic nitrogens is 2. The number of fused-ring (bicyclic) bond motifs is 2. The summed E-state index contributed by atoms with van der Waals surface area (Å²) in [6, 6.07) is 7.90. The van der Waals surface area contributed by atoms with E-state index in [-0.39, 0.29) is 5.69 Å². The van der Waals surface area contributed by atoms with Gasteiger partial charge in [-0.3, -0.25) is 0 Å². The van der Waals surface area contributed by atoms with Crippen molar-refractivity contribution in [2.45, 2.75) is 51.4 Å². The molecule has 2 aliphatic rings. The zero-order valence-electron chi connectivity index (χ0n) is 19.2. The van der Waals surface area contributed by atoms with Gasteiger partial charge in [0.2, 0.25) is 0 Å². The van der Waals surface area contributed by atoms with Gasteiger partial charge in [0.15, 0.2) is 0 Å². The van der Waals surface area contributed by atoms with Crippen molar-refractivity contribution >= 4 is 28.1 Å². The molecular formula is C25H28F3N5O. The highest BCUT2D eigenvalue weighted by atomic mass is 19.4. The Balaban J connectivity index is 1.51. The lowest BCUT2D eigenvalue weighted by molar-refractivity contribution is -0.137. The zero-order chi connectivity index (χ0) is 24.0. The second-order valence-corrected chi connectivity index (χ2v) is 9.16. The van der Waals surface area contributed by atoms with Crippen LogP contribution in [0.2, 0.25) is 0 Å². The molecule has 9 heteroatoms. The topological polar surface area (TPSA) is 76.3 Å². The first-order valence-corrected chi connectivity index (χ1v) is 11.6. The zero-order valence-corrected chi connectivity index (χ0v) is 19.2. The van der Waals surface area contributed by atoms with E-state index in [9.17, 15) is 13.2 Å². The average Bonchev–Trinajstić information content (AvgIpc) is 3.20. The Labute approximate surface area is 196 Å². The summed E-state index contributed by atoms with van der Waals surface area (Å²) in [5.41, 5.74) is 8.83. The van der Waals surface area contributed by atoms with Crippen molar-refractivity contribution in [1.29, 1.82) is 0 Å². The summed E-state index contributed by atoms with van der Waals surface area (Å²) in [7, 11) is 0. The van der Waals surface area contributed by atoms with E-state index in [0.717, 1.165) is 62.1 Å². The molecule has 0 saturated carbocycles. The maximum Gasteiger partial charge on any atom is 0.416 e. The number of hydrogen-bond acceptors (Lipinski definition) is 6. The molecule has 2 aromatic carbocycles. The average molecular weight is 472 g/mol. The summed E-state index contributed by atoms with van der Waals surface area (Å²) >= 11 is 0. The molecule has 3 heterocycles. The highest BCUT2D eigenvalue weighted by Gasteiger charge is 2.32. The summed E-state index contributed by atoms with van der Waals surface area (Å²) in [5, 5.41) is 4.18. The first-order valence-electron chi connectivity index (χ1n) is 11.6. The number of rotatable bonds is 4. The fraction of sp³-hybridized carbons (Fsp3) is 0.440. The van der Waals surface area contributed by atoms with E-state index in [0.29, 0.717) is 23.2 Å². The number of nitrogens with one attached hydrogen (secondary N) is 1. The third-order valence-electron chi connectivity index (χ3n) is 6.73. The molecule has 0 bridgehead atoms. The molecule has 3 aromatic rings. The highest BCUT2D eigenvalue weighted by molar-refractivity contribution is 5.93. The Morgan fingerprint density at radius 2 is 1.88 bits per heavy atom. The van der Waals surface area contributed by atoms with Crippen LogP contribution in [0.3, 0.4) is 0 Å². The minimum absolute atomic E-state index is 0.0760. The van der Waals surface area contributed by atoms with Gasteiger partial charge in [0.05, 0.1) is 17.1 Å². The molecule has 0 unspecified atom stereocenters. The standard InChI is InChI=1S/C25H28F3N5O/c1-14(17-9-18(25(26,27)28)12-19(29)10-17)30-24-21-13-23-16(11-22(21)31-15(2)32-24)3-6-33(23)20-4-7-34-8-5-20/h9-14,20H,3-8,29H2,1-2H3,(H,30,31,32)/t14-/m1/s1. The van der Waals surface area contributed by atoms with Crippen molar-refractivity contribution in [2.75, 3.05) is 35.7 Å². The van der Waals surface area contributed by atoms with Crippen LogP contribution >= 0.6 is 0 Å². The molecule has 1 fully saturated rings. The van der Waals surface area contributed by atoms with Gasteiger partial charge in [0.25, 0.3) is 0 Å². The van der Waals surface area contributed by atoms with Gasteiger partial charge in [-0.05, 0) is 74.6 Å². The van der Waals surface area contributed by atoms with E-state index in [4.69, 9.17) is 10.5 Å². The van der Waals surface area contributed by atoms with Gasteiger partial charge in [0, 0.05) is 42.6 Å².